The summed E-state index contributed by atoms with van der Waals surface area (Å²) in [6.07, 6.45) is 0. The molecule has 6 heteroatoms. The Balaban J connectivity index is 1.69. The highest BCUT2D eigenvalue weighted by atomic mass is 32.1. The standard InChI is InChI=1S/C27H22N2O3S/c1-17-26(19-7-5-4-6-8-19)29-27(33-17)28-23-16-25(18-9-11-20(30-2)12-10-18)32-24-14-13-21(31-3)15-22(23)24/h4-16H,1-3H3/b28-23+. The number of rotatable bonds is 5. The number of hydrogen-bond acceptors (Lipinski definition) is 6. The van der Waals surface area contributed by atoms with Crippen LogP contribution in [0.4, 0.5) is 5.13 Å². The van der Waals surface area contributed by atoms with Crippen LogP contribution in [0.3, 0.4) is 0 Å². The quantitative estimate of drug-likeness (QED) is 0.294. The topological polar surface area (TPSA) is 56.9 Å². The number of nitrogens with zero attached hydrogens (tertiary/aromatic N) is 2. The van der Waals surface area contributed by atoms with Gasteiger partial charge in [0.1, 0.15) is 22.8 Å². The number of fused-ring (bicyclic) bond motifs is 1. The summed E-state index contributed by atoms with van der Waals surface area (Å²) in [4.78, 5) is 10.9. The molecule has 0 spiro atoms. The largest absolute Gasteiger partial charge is 0.497 e. The van der Waals surface area contributed by atoms with Crippen molar-refractivity contribution in [3.63, 3.8) is 0 Å². The Labute approximate surface area is 195 Å². The van der Waals surface area contributed by atoms with E-state index < -0.39 is 0 Å². The summed E-state index contributed by atoms with van der Waals surface area (Å²) in [6, 6.07) is 25.6. The molecule has 5 rings (SSSR count). The van der Waals surface area contributed by atoms with Crippen LogP contribution < -0.4 is 14.8 Å². The van der Waals surface area contributed by atoms with Gasteiger partial charge in [0, 0.05) is 27.5 Å². The van der Waals surface area contributed by atoms with Crippen molar-refractivity contribution in [3.8, 4) is 34.1 Å². The third-order valence-corrected chi connectivity index (χ3v) is 6.24. The molecule has 0 saturated carbocycles. The fourth-order valence-electron chi connectivity index (χ4n) is 3.66. The fraction of sp³-hybridized carbons (Fsp3) is 0.111. The van der Waals surface area contributed by atoms with Crippen LogP contribution in [0.5, 0.6) is 11.5 Å². The van der Waals surface area contributed by atoms with Gasteiger partial charge < -0.3 is 13.9 Å². The van der Waals surface area contributed by atoms with Gasteiger partial charge in [0.15, 0.2) is 0 Å². The van der Waals surface area contributed by atoms with Crippen LogP contribution in [-0.2, 0) is 0 Å². The monoisotopic (exact) mass is 454 g/mol. The maximum Gasteiger partial charge on any atom is 0.210 e. The lowest BCUT2D eigenvalue weighted by Crippen LogP contribution is -2.03. The number of aryl methyl sites for hydroxylation is 1. The molecule has 0 amide bonds. The number of hydrogen-bond donors (Lipinski definition) is 0. The van der Waals surface area contributed by atoms with Gasteiger partial charge >= 0.3 is 0 Å². The molecular formula is C27H22N2O3S. The van der Waals surface area contributed by atoms with Crippen LogP contribution in [0.15, 0.2) is 88.3 Å². The molecule has 0 radical (unpaired) electrons. The van der Waals surface area contributed by atoms with E-state index in [1.807, 2.05) is 66.7 Å². The average Bonchev–Trinajstić information content (AvgIpc) is 3.24. The SMILES string of the molecule is COc1ccc(-c2c/c(=N\c3nc(-c4ccccc4)c(C)s3)c3cc(OC)ccc3o2)cc1. The Hall–Kier alpha value is -3.90. The van der Waals surface area contributed by atoms with Gasteiger partial charge in [0.25, 0.3) is 0 Å². The maximum atomic E-state index is 6.22. The second-order valence-electron chi connectivity index (χ2n) is 7.47. The first-order chi connectivity index (χ1) is 16.1. The van der Waals surface area contributed by atoms with E-state index in [2.05, 4.69) is 19.1 Å². The molecule has 33 heavy (non-hydrogen) atoms. The molecule has 0 aliphatic heterocycles. The van der Waals surface area contributed by atoms with Crippen LogP contribution in [0.25, 0.3) is 33.6 Å². The Morgan fingerprint density at radius 1 is 0.818 bits per heavy atom. The number of ether oxygens (including phenoxy) is 2. The summed E-state index contributed by atoms with van der Waals surface area (Å²) in [5.74, 6) is 2.25. The summed E-state index contributed by atoms with van der Waals surface area (Å²) in [5.41, 5.74) is 3.70. The van der Waals surface area contributed by atoms with Crippen LogP contribution >= 0.6 is 11.3 Å². The highest BCUT2D eigenvalue weighted by molar-refractivity contribution is 7.15. The van der Waals surface area contributed by atoms with E-state index in [0.717, 1.165) is 49.5 Å². The summed E-state index contributed by atoms with van der Waals surface area (Å²) >= 11 is 1.57. The first-order valence-electron chi connectivity index (χ1n) is 10.5. The zero-order valence-corrected chi connectivity index (χ0v) is 19.3. The third-order valence-electron chi connectivity index (χ3n) is 5.37. The van der Waals surface area contributed by atoms with Crippen molar-refractivity contribution in [2.75, 3.05) is 14.2 Å². The van der Waals surface area contributed by atoms with E-state index in [1.165, 1.54) is 0 Å². The Bertz CT molecular complexity index is 1490. The van der Waals surface area contributed by atoms with Gasteiger partial charge in [-0.25, -0.2) is 9.98 Å². The lowest BCUT2D eigenvalue weighted by Gasteiger charge is -2.07. The summed E-state index contributed by atoms with van der Waals surface area (Å²) in [7, 11) is 3.30. The summed E-state index contributed by atoms with van der Waals surface area (Å²) in [6.45, 7) is 2.07. The van der Waals surface area contributed by atoms with Crippen molar-refractivity contribution in [3.05, 3.63) is 89.1 Å². The second-order valence-corrected chi connectivity index (χ2v) is 8.65. The van der Waals surface area contributed by atoms with Gasteiger partial charge in [0.2, 0.25) is 5.13 Å². The molecular weight excluding hydrogens is 432 g/mol. The smallest absolute Gasteiger partial charge is 0.210 e. The van der Waals surface area contributed by atoms with E-state index >= 15 is 0 Å². The van der Waals surface area contributed by atoms with Crippen molar-refractivity contribution in [2.24, 2.45) is 4.99 Å². The molecule has 0 aliphatic carbocycles. The number of methoxy groups -OCH3 is 2. The van der Waals surface area contributed by atoms with Gasteiger partial charge in [-0.2, -0.15) is 0 Å². The minimum absolute atomic E-state index is 0.697. The Morgan fingerprint density at radius 3 is 2.27 bits per heavy atom. The van der Waals surface area contributed by atoms with Gasteiger partial charge in [-0.05, 0) is 49.4 Å². The summed E-state index contributed by atoms with van der Waals surface area (Å²) < 4.78 is 16.9. The zero-order valence-electron chi connectivity index (χ0n) is 18.5. The minimum atomic E-state index is 0.697. The number of thiazole rings is 1. The van der Waals surface area contributed by atoms with Gasteiger partial charge in [-0.1, -0.05) is 41.7 Å². The zero-order chi connectivity index (χ0) is 22.8. The van der Waals surface area contributed by atoms with Crippen LogP contribution in [0, 0.1) is 6.92 Å². The average molecular weight is 455 g/mol. The Morgan fingerprint density at radius 2 is 1.55 bits per heavy atom. The van der Waals surface area contributed by atoms with Gasteiger partial charge in [-0.15, -0.1) is 0 Å². The first kappa shape index (κ1) is 21.0. The first-order valence-corrected chi connectivity index (χ1v) is 11.3. The molecule has 0 N–H and O–H groups in total. The van der Waals surface area contributed by atoms with E-state index in [-0.39, 0.29) is 0 Å². The fourth-order valence-corrected chi connectivity index (χ4v) is 4.48. The number of aromatic nitrogens is 1. The molecule has 5 nitrogen and oxygen atoms in total. The lowest BCUT2D eigenvalue weighted by atomic mass is 10.1. The third kappa shape index (κ3) is 4.25. The van der Waals surface area contributed by atoms with Crippen LogP contribution in [-0.4, -0.2) is 19.2 Å². The van der Waals surface area contributed by atoms with Crippen molar-refractivity contribution in [1.82, 2.24) is 4.98 Å². The molecule has 2 aromatic heterocycles. The van der Waals surface area contributed by atoms with E-state index in [4.69, 9.17) is 23.9 Å². The Kier molecular flexibility index (Phi) is 5.67. The summed E-state index contributed by atoms with van der Waals surface area (Å²) in [5, 5.41) is 2.33. The highest BCUT2D eigenvalue weighted by Crippen LogP contribution is 2.32. The van der Waals surface area contributed by atoms with E-state index in [1.54, 1.807) is 25.6 Å². The minimum Gasteiger partial charge on any atom is -0.497 e. The molecule has 0 atom stereocenters. The molecule has 0 saturated heterocycles. The van der Waals surface area contributed by atoms with E-state index in [9.17, 15) is 0 Å². The normalized spacial score (nSPS) is 11.7. The molecule has 2 heterocycles. The predicted molar refractivity (Wildman–Crippen MR) is 132 cm³/mol. The molecule has 3 aromatic carbocycles. The van der Waals surface area contributed by atoms with Crippen LogP contribution in [0.2, 0.25) is 0 Å². The highest BCUT2D eigenvalue weighted by Gasteiger charge is 2.11. The maximum absolute atomic E-state index is 6.22. The van der Waals surface area contributed by atoms with Crippen molar-refractivity contribution in [2.45, 2.75) is 6.92 Å². The lowest BCUT2D eigenvalue weighted by molar-refractivity contribution is 0.414. The van der Waals surface area contributed by atoms with Crippen molar-refractivity contribution < 1.29 is 13.9 Å². The predicted octanol–water partition coefficient (Wildman–Crippen LogP) is 6.78. The van der Waals surface area contributed by atoms with Crippen LogP contribution in [0.1, 0.15) is 4.88 Å². The molecule has 164 valence electrons. The van der Waals surface area contributed by atoms with Crippen molar-refractivity contribution >= 4 is 27.4 Å². The molecule has 0 unspecified atom stereocenters. The number of benzene rings is 3. The van der Waals surface area contributed by atoms with Crippen molar-refractivity contribution in [1.29, 1.82) is 0 Å². The second kappa shape index (κ2) is 8.92. The molecule has 0 bridgehead atoms. The molecule has 0 aliphatic rings. The molecule has 0 fully saturated rings. The van der Waals surface area contributed by atoms with E-state index in [0.29, 0.717) is 10.9 Å². The van der Waals surface area contributed by atoms with Gasteiger partial charge in [-0.3, -0.25) is 0 Å². The van der Waals surface area contributed by atoms with Gasteiger partial charge in [0.05, 0.1) is 25.3 Å². The molecule has 5 aromatic rings.